The molecule has 1 aromatic rings. The van der Waals surface area contributed by atoms with Gasteiger partial charge in [0, 0.05) is 13.1 Å². The summed E-state index contributed by atoms with van der Waals surface area (Å²) in [7, 11) is 0. The first-order valence-corrected chi connectivity index (χ1v) is 6.29. The highest BCUT2D eigenvalue weighted by Gasteiger charge is 2.44. The van der Waals surface area contributed by atoms with E-state index < -0.39 is 5.60 Å². The van der Waals surface area contributed by atoms with Crippen molar-refractivity contribution in [3.8, 4) is 0 Å². The van der Waals surface area contributed by atoms with Crippen LogP contribution in [0.2, 0.25) is 0 Å². The fourth-order valence-electron chi connectivity index (χ4n) is 2.73. The Morgan fingerprint density at radius 3 is 2.88 bits per heavy atom. The first-order chi connectivity index (χ1) is 7.73. The summed E-state index contributed by atoms with van der Waals surface area (Å²) in [5, 5.41) is 10.3. The van der Waals surface area contributed by atoms with Gasteiger partial charge in [-0.3, -0.25) is 4.90 Å². The lowest BCUT2D eigenvalue weighted by Gasteiger charge is -2.30. The lowest BCUT2D eigenvalue weighted by molar-refractivity contribution is 0.147. The maximum atomic E-state index is 10.3. The zero-order chi connectivity index (χ0) is 11.2. The Hall–Kier alpha value is -0.860. The first kappa shape index (κ1) is 10.3. The predicted octanol–water partition coefficient (Wildman–Crippen LogP) is 2.05. The fraction of sp³-hybridized carbons (Fsp3) is 0.571. The first-order valence-electron chi connectivity index (χ1n) is 6.29. The number of nitrogens with zero attached hydrogens (tertiary/aromatic N) is 1. The van der Waals surface area contributed by atoms with Crippen LogP contribution in [0.25, 0.3) is 0 Å². The van der Waals surface area contributed by atoms with Crippen LogP contribution in [0.15, 0.2) is 18.2 Å². The van der Waals surface area contributed by atoms with Gasteiger partial charge in [0.05, 0.1) is 5.60 Å². The standard InChI is InChI=1S/C14H19NO/c1-2-15-9-6-11-4-3-5-13(12(11)10-15)14(16)7-8-14/h3-5,16H,2,6-10H2,1H3. The summed E-state index contributed by atoms with van der Waals surface area (Å²) in [5.74, 6) is 0. The van der Waals surface area contributed by atoms with Crippen molar-refractivity contribution in [2.75, 3.05) is 13.1 Å². The molecule has 0 saturated heterocycles. The molecule has 1 aliphatic carbocycles. The van der Waals surface area contributed by atoms with Gasteiger partial charge in [0.1, 0.15) is 0 Å². The molecule has 2 nitrogen and oxygen atoms in total. The van der Waals surface area contributed by atoms with Crippen LogP contribution in [0.3, 0.4) is 0 Å². The van der Waals surface area contributed by atoms with E-state index in [-0.39, 0.29) is 0 Å². The van der Waals surface area contributed by atoms with Gasteiger partial charge in [-0.2, -0.15) is 0 Å². The van der Waals surface area contributed by atoms with E-state index in [2.05, 4.69) is 30.0 Å². The molecule has 0 aromatic heterocycles. The van der Waals surface area contributed by atoms with Crippen LogP contribution in [0, 0.1) is 0 Å². The summed E-state index contributed by atoms with van der Waals surface area (Å²) >= 11 is 0. The molecule has 0 atom stereocenters. The molecular formula is C14H19NO. The lowest BCUT2D eigenvalue weighted by Crippen LogP contribution is -2.31. The molecule has 0 unspecified atom stereocenters. The molecule has 86 valence electrons. The molecule has 0 bridgehead atoms. The molecule has 16 heavy (non-hydrogen) atoms. The van der Waals surface area contributed by atoms with Crippen molar-refractivity contribution in [1.29, 1.82) is 0 Å². The van der Waals surface area contributed by atoms with Crippen molar-refractivity contribution < 1.29 is 5.11 Å². The summed E-state index contributed by atoms with van der Waals surface area (Å²) in [4.78, 5) is 2.46. The second kappa shape index (κ2) is 3.57. The van der Waals surface area contributed by atoms with Gasteiger partial charge in [-0.05, 0) is 42.5 Å². The van der Waals surface area contributed by atoms with E-state index in [0.29, 0.717) is 0 Å². The average Bonchev–Trinajstić information content (AvgIpc) is 3.07. The number of hydrogen-bond donors (Lipinski definition) is 1. The molecule has 1 saturated carbocycles. The van der Waals surface area contributed by atoms with Crippen molar-refractivity contribution in [3.63, 3.8) is 0 Å². The molecule has 1 aromatic carbocycles. The van der Waals surface area contributed by atoms with Gasteiger partial charge in [-0.1, -0.05) is 25.1 Å². The van der Waals surface area contributed by atoms with Crippen LogP contribution in [-0.2, 0) is 18.6 Å². The third-order valence-electron chi connectivity index (χ3n) is 4.02. The summed E-state index contributed by atoms with van der Waals surface area (Å²) in [6, 6.07) is 6.44. The molecule has 3 rings (SSSR count). The molecule has 2 heteroatoms. The molecule has 1 aliphatic heterocycles. The fourth-order valence-corrected chi connectivity index (χ4v) is 2.73. The van der Waals surface area contributed by atoms with Crippen molar-refractivity contribution in [2.24, 2.45) is 0 Å². The van der Waals surface area contributed by atoms with E-state index in [9.17, 15) is 5.11 Å². The normalized spacial score (nSPS) is 22.9. The highest BCUT2D eigenvalue weighted by molar-refractivity contribution is 5.42. The maximum absolute atomic E-state index is 10.3. The second-order valence-corrected chi connectivity index (χ2v) is 5.09. The quantitative estimate of drug-likeness (QED) is 0.819. The Kier molecular flexibility index (Phi) is 2.30. The lowest BCUT2D eigenvalue weighted by atomic mass is 9.91. The van der Waals surface area contributed by atoms with Gasteiger partial charge in [0.15, 0.2) is 0 Å². The minimum atomic E-state index is -0.484. The maximum Gasteiger partial charge on any atom is 0.0902 e. The minimum absolute atomic E-state index is 0.484. The van der Waals surface area contributed by atoms with Gasteiger partial charge in [-0.25, -0.2) is 0 Å². The third kappa shape index (κ3) is 1.57. The van der Waals surface area contributed by atoms with Crippen LogP contribution in [0.1, 0.15) is 36.5 Å². The van der Waals surface area contributed by atoms with Crippen molar-refractivity contribution in [1.82, 2.24) is 4.90 Å². The zero-order valence-electron chi connectivity index (χ0n) is 9.87. The summed E-state index contributed by atoms with van der Waals surface area (Å²) in [5.41, 5.74) is 3.56. The largest absolute Gasteiger partial charge is 0.385 e. The van der Waals surface area contributed by atoms with E-state index in [1.807, 2.05) is 0 Å². The van der Waals surface area contributed by atoms with Crippen LogP contribution < -0.4 is 0 Å². The smallest absolute Gasteiger partial charge is 0.0902 e. The van der Waals surface area contributed by atoms with E-state index in [1.54, 1.807) is 0 Å². The summed E-state index contributed by atoms with van der Waals surface area (Å²) in [6.45, 7) is 5.49. The Morgan fingerprint density at radius 2 is 2.19 bits per heavy atom. The molecule has 2 aliphatic rings. The molecule has 0 radical (unpaired) electrons. The molecule has 1 fully saturated rings. The topological polar surface area (TPSA) is 23.5 Å². The van der Waals surface area contributed by atoms with Crippen molar-refractivity contribution in [2.45, 2.75) is 38.3 Å². The van der Waals surface area contributed by atoms with Crippen LogP contribution in [0.4, 0.5) is 0 Å². The number of fused-ring (bicyclic) bond motifs is 1. The van der Waals surface area contributed by atoms with Gasteiger partial charge in [0.2, 0.25) is 0 Å². The molecule has 1 N–H and O–H groups in total. The molecule has 0 amide bonds. The highest BCUT2D eigenvalue weighted by atomic mass is 16.3. The monoisotopic (exact) mass is 217 g/mol. The zero-order valence-corrected chi connectivity index (χ0v) is 9.87. The second-order valence-electron chi connectivity index (χ2n) is 5.09. The van der Waals surface area contributed by atoms with Gasteiger partial charge in [0.25, 0.3) is 0 Å². The number of benzene rings is 1. The number of aliphatic hydroxyl groups is 1. The molecule has 0 spiro atoms. The van der Waals surface area contributed by atoms with Gasteiger partial charge >= 0.3 is 0 Å². The predicted molar refractivity (Wildman–Crippen MR) is 64.2 cm³/mol. The minimum Gasteiger partial charge on any atom is -0.385 e. The van der Waals surface area contributed by atoms with Crippen LogP contribution in [-0.4, -0.2) is 23.1 Å². The van der Waals surface area contributed by atoms with E-state index >= 15 is 0 Å². The van der Waals surface area contributed by atoms with E-state index in [4.69, 9.17) is 0 Å². The number of likely N-dealkylation sites (N-methyl/N-ethyl adjacent to an activating group) is 1. The van der Waals surface area contributed by atoms with E-state index in [1.165, 1.54) is 16.7 Å². The van der Waals surface area contributed by atoms with Crippen LogP contribution >= 0.6 is 0 Å². The third-order valence-corrected chi connectivity index (χ3v) is 4.02. The SMILES string of the molecule is CCN1CCc2cccc(C3(O)CC3)c2C1. The summed E-state index contributed by atoms with van der Waals surface area (Å²) < 4.78 is 0. The van der Waals surface area contributed by atoms with Crippen LogP contribution in [0.5, 0.6) is 0 Å². The van der Waals surface area contributed by atoms with Gasteiger partial charge < -0.3 is 5.11 Å². The number of hydrogen-bond acceptors (Lipinski definition) is 2. The van der Waals surface area contributed by atoms with Crippen molar-refractivity contribution in [3.05, 3.63) is 34.9 Å². The Labute approximate surface area is 96.9 Å². The average molecular weight is 217 g/mol. The van der Waals surface area contributed by atoms with Crippen molar-refractivity contribution >= 4 is 0 Å². The molecular weight excluding hydrogens is 198 g/mol. The number of rotatable bonds is 2. The Balaban J connectivity index is 2.01. The Morgan fingerprint density at radius 1 is 1.38 bits per heavy atom. The van der Waals surface area contributed by atoms with Gasteiger partial charge in [-0.15, -0.1) is 0 Å². The molecule has 1 heterocycles. The Bertz CT molecular complexity index is 409. The van der Waals surface area contributed by atoms with E-state index in [0.717, 1.165) is 38.9 Å². The summed E-state index contributed by atoms with van der Waals surface area (Å²) in [6.07, 6.45) is 3.01. The highest BCUT2D eigenvalue weighted by Crippen LogP contribution is 2.47.